The molecule has 0 aliphatic carbocycles. The van der Waals surface area contributed by atoms with Crippen molar-refractivity contribution in [2.24, 2.45) is 0 Å². The van der Waals surface area contributed by atoms with E-state index in [1.54, 1.807) is 0 Å². The summed E-state index contributed by atoms with van der Waals surface area (Å²) < 4.78 is 23.0. The molecule has 0 N–H and O–H groups in total. The fourth-order valence-electron chi connectivity index (χ4n) is 13.7. The third kappa shape index (κ3) is 8.57. The molecule has 0 radical (unpaired) electrons. The number of imidazole rings is 2. The van der Waals surface area contributed by atoms with Crippen LogP contribution in [0.5, 0.6) is 0 Å². The molecule has 10 heteroatoms. The maximum Gasteiger partial charge on any atom is 0.494 e. The van der Waals surface area contributed by atoms with Crippen LogP contribution in [-0.2, 0) is 9.31 Å². The van der Waals surface area contributed by atoms with Crippen LogP contribution in [0.3, 0.4) is 0 Å². The number of halogens is 1. The van der Waals surface area contributed by atoms with Gasteiger partial charge in [-0.1, -0.05) is 192 Å². The molecule has 0 unspecified atom stereocenters. The van der Waals surface area contributed by atoms with E-state index in [0.717, 1.165) is 54.2 Å². The van der Waals surface area contributed by atoms with Gasteiger partial charge in [-0.05, 0) is 158 Å². The molecule has 1 saturated heterocycles. The largest absolute Gasteiger partial charge is 0.494 e. The topological polar surface area (TPSA) is 62.9 Å². The second-order valence-electron chi connectivity index (χ2n) is 24.5. The Morgan fingerprint density at radius 1 is 0.311 bits per heavy atom. The maximum absolute atomic E-state index is 6.31. The zero-order valence-electron chi connectivity index (χ0n) is 50.0. The molecule has 90 heavy (non-hydrogen) atoms. The Bertz CT molecular complexity index is 5780. The highest BCUT2D eigenvalue weighted by Crippen LogP contribution is 2.40. The van der Waals surface area contributed by atoms with E-state index in [9.17, 15) is 0 Å². The van der Waals surface area contributed by atoms with Crippen LogP contribution < -0.4 is 5.46 Å². The number of hydrogen-bond acceptors (Lipinski definition) is 4. The molecule has 18 aromatic rings. The first-order chi connectivity index (χ1) is 44.0. The summed E-state index contributed by atoms with van der Waals surface area (Å²) in [6, 6.07) is 99.0. The lowest BCUT2D eigenvalue weighted by molar-refractivity contribution is 0.00578. The summed E-state index contributed by atoms with van der Waals surface area (Å²) in [7, 11) is -0.381. The SMILES string of the molecule is Brc1ccc(-n2c3ccccc3c3ccccc32)cc1.CC1(C)OB(c2ccc3c(c2)c2ccccc2c2nc4ccccc4n32)OC1(C)C.c1ccc2c(c1)nc1c3ccccc3c3cc(-c4ccc(-n5c6ccccc6c6ccccc65)cc4)ccc3n21. The molecular weight excluding hydrogens is 1170 g/mol. The van der Waals surface area contributed by atoms with Gasteiger partial charge < -0.3 is 18.4 Å². The summed E-state index contributed by atoms with van der Waals surface area (Å²) in [5.41, 5.74) is 18.6. The molecule has 7 heterocycles. The number of hydrogen-bond donors (Lipinski definition) is 0. The van der Waals surface area contributed by atoms with Crippen LogP contribution >= 0.6 is 15.9 Å². The van der Waals surface area contributed by atoms with Gasteiger partial charge in [-0.3, -0.25) is 8.80 Å². The summed E-state index contributed by atoms with van der Waals surface area (Å²) in [6.45, 7) is 8.35. The molecule has 0 atom stereocenters. The van der Waals surface area contributed by atoms with Gasteiger partial charge in [0.2, 0.25) is 0 Å². The minimum Gasteiger partial charge on any atom is -0.399 e. The van der Waals surface area contributed by atoms with Crippen LogP contribution in [0.1, 0.15) is 27.7 Å². The van der Waals surface area contributed by atoms with E-state index in [4.69, 9.17) is 19.3 Å². The van der Waals surface area contributed by atoms with Crippen LogP contribution in [-0.4, -0.2) is 46.2 Å². The number of aromatic nitrogens is 6. The number of para-hydroxylation sites is 8. The third-order valence-corrected chi connectivity index (χ3v) is 19.3. The fraction of sp³-hybridized carbons (Fsp3) is 0.0750. The van der Waals surface area contributed by atoms with E-state index < -0.39 is 0 Å². The Kier molecular flexibility index (Phi) is 12.5. The lowest BCUT2D eigenvalue weighted by Gasteiger charge is -2.32. The van der Waals surface area contributed by atoms with E-state index in [1.165, 1.54) is 98.6 Å². The normalized spacial score (nSPS) is 13.9. The van der Waals surface area contributed by atoms with Crippen LogP contribution in [0.15, 0.2) is 284 Å². The second-order valence-corrected chi connectivity index (χ2v) is 25.4. The Hall–Kier alpha value is -10.4. The first-order valence-corrected chi connectivity index (χ1v) is 31.5. The standard InChI is InChI=1S/C37H23N3.C25H23BN2O2.C18H12BrN/c1-2-12-30-27(9-1)31-23-25(19-22-35(31)40-36-16-8-5-13-32(36)38-37(30)40)24-17-20-26(21-18-24)39-33-14-6-3-10-28(33)29-11-4-7-15-34(29)39;1-24(2)25(3,4)30-26(29-24)16-13-14-21-19(15-16)17-9-5-6-10-18(17)23-27-20-11-7-8-12-22(20)28(21)23;19-13-9-11-14(12-10-13)20-17-7-3-1-5-15(17)16-6-2-4-8-18(16)20/h1-23H;5-15H,1-4H3;1-12H. The zero-order valence-corrected chi connectivity index (χ0v) is 51.6. The minimum absolute atomic E-state index is 0.362. The Balaban J connectivity index is 0.000000110. The van der Waals surface area contributed by atoms with E-state index in [2.05, 4.69) is 335 Å². The molecule has 19 rings (SSSR count). The molecule has 1 fully saturated rings. The van der Waals surface area contributed by atoms with Crippen molar-refractivity contribution in [3.63, 3.8) is 0 Å². The summed E-state index contributed by atoms with van der Waals surface area (Å²) in [5, 5.41) is 12.3. The molecular formula is C80H58BBrN6O2. The number of nitrogens with zero attached hydrogens (tertiary/aromatic N) is 6. The lowest BCUT2D eigenvalue weighted by atomic mass is 9.78. The van der Waals surface area contributed by atoms with Gasteiger partial charge >= 0.3 is 7.12 Å². The Morgan fingerprint density at radius 3 is 1.10 bits per heavy atom. The first kappa shape index (κ1) is 53.8. The van der Waals surface area contributed by atoms with Crippen molar-refractivity contribution in [1.29, 1.82) is 0 Å². The van der Waals surface area contributed by atoms with Gasteiger partial charge in [-0.15, -0.1) is 0 Å². The van der Waals surface area contributed by atoms with Gasteiger partial charge in [0.1, 0.15) is 11.3 Å². The van der Waals surface area contributed by atoms with Gasteiger partial charge in [0, 0.05) is 58.9 Å². The van der Waals surface area contributed by atoms with E-state index >= 15 is 0 Å². The second kappa shape index (κ2) is 20.9. The van der Waals surface area contributed by atoms with Gasteiger partial charge in [-0.2, -0.15) is 0 Å². The van der Waals surface area contributed by atoms with E-state index in [-0.39, 0.29) is 18.3 Å². The van der Waals surface area contributed by atoms with Gasteiger partial charge in [0.15, 0.2) is 0 Å². The first-order valence-electron chi connectivity index (χ1n) is 30.7. The van der Waals surface area contributed by atoms with Crippen molar-refractivity contribution in [3.05, 3.63) is 284 Å². The van der Waals surface area contributed by atoms with Crippen LogP contribution in [0.2, 0.25) is 0 Å². The summed E-state index contributed by atoms with van der Waals surface area (Å²) in [4.78, 5) is 9.96. The van der Waals surface area contributed by atoms with Crippen molar-refractivity contribution < 1.29 is 9.31 Å². The predicted molar refractivity (Wildman–Crippen MR) is 379 cm³/mol. The average molecular weight is 1230 g/mol. The van der Waals surface area contributed by atoms with Gasteiger partial charge in [0.25, 0.3) is 0 Å². The fourth-order valence-corrected chi connectivity index (χ4v) is 14.0. The smallest absolute Gasteiger partial charge is 0.399 e. The van der Waals surface area contributed by atoms with Crippen LogP contribution in [0.25, 0.3) is 143 Å². The monoisotopic (exact) mass is 1220 g/mol. The highest BCUT2D eigenvalue weighted by atomic mass is 79.9. The molecule has 6 aromatic heterocycles. The molecule has 8 nitrogen and oxygen atoms in total. The molecule has 1 aliphatic rings. The number of rotatable bonds is 4. The summed E-state index contributed by atoms with van der Waals surface area (Å²) in [6.07, 6.45) is 0. The maximum atomic E-state index is 6.31. The summed E-state index contributed by atoms with van der Waals surface area (Å²) >= 11 is 3.50. The third-order valence-electron chi connectivity index (χ3n) is 18.8. The predicted octanol–water partition coefficient (Wildman–Crippen LogP) is 20.2. The van der Waals surface area contributed by atoms with Crippen molar-refractivity contribution in [1.82, 2.24) is 27.9 Å². The van der Waals surface area contributed by atoms with Gasteiger partial charge in [0.05, 0.1) is 66.4 Å². The Labute approximate surface area is 527 Å². The molecule has 0 bridgehead atoms. The van der Waals surface area contributed by atoms with Crippen molar-refractivity contribution in [2.75, 3.05) is 0 Å². The molecule has 12 aromatic carbocycles. The van der Waals surface area contributed by atoms with Crippen molar-refractivity contribution in [3.8, 4) is 22.5 Å². The molecule has 0 spiro atoms. The molecule has 0 saturated carbocycles. The minimum atomic E-state index is -0.381. The van der Waals surface area contributed by atoms with E-state index in [1.807, 2.05) is 6.07 Å². The Morgan fingerprint density at radius 2 is 0.656 bits per heavy atom. The lowest BCUT2D eigenvalue weighted by Crippen LogP contribution is -2.41. The summed E-state index contributed by atoms with van der Waals surface area (Å²) in [5.74, 6) is 0. The van der Waals surface area contributed by atoms with Crippen molar-refractivity contribution in [2.45, 2.75) is 38.9 Å². The van der Waals surface area contributed by atoms with Gasteiger partial charge in [-0.25, -0.2) is 9.97 Å². The van der Waals surface area contributed by atoms with E-state index in [0.29, 0.717) is 0 Å². The molecule has 1 aliphatic heterocycles. The number of fused-ring (bicyclic) bond motifs is 22. The number of benzene rings is 12. The number of pyridine rings is 2. The van der Waals surface area contributed by atoms with Crippen molar-refractivity contribution >= 4 is 149 Å². The van der Waals surface area contributed by atoms with Crippen LogP contribution in [0, 0.1) is 0 Å². The average Bonchev–Trinajstić information content (AvgIpc) is 1.46. The quantitative estimate of drug-likeness (QED) is 0.130. The zero-order chi connectivity index (χ0) is 60.4. The molecule has 0 amide bonds. The van der Waals surface area contributed by atoms with Crippen LogP contribution in [0.4, 0.5) is 0 Å². The molecule has 430 valence electrons. The highest BCUT2D eigenvalue weighted by molar-refractivity contribution is 9.10. The highest BCUT2D eigenvalue weighted by Gasteiger charge is 2.51.